The lowest BCUT2D eigenvalue weighted by atomic mass is 9.99. The number of pyridine rings is 1. The summed E-state index contributed by atoms with van der Waals surface area (Å²) in [4.78, 5) is 26.8. The van der Waals surface area contributed by atoms with Crippen molar-refractivity contribution in [3.8, 4) is 0 Å². The molecule has 3 N–H and O–H groups in total. The van der Waals surface area contributed by atoms with Crippen LogP contribution in [0.1, 0.15) is 30.6 Å². The number of aliphatic hydroxyl groups excluding tert-OH is 1. The van der Waals surface area contributed by atoms with Gasteiger partial charge in [0.2, 0.25) is 5.56 Å². The van der Waals surface area contributed by atoms with Crippen molar-refractivity contribution >= 4 is 16.8 Å². The van der Waals surface area contributed by atoms with Gasteiger partial charge in [-0.1, -0.05) is 38.5 Å². The molecule has 112 valence electrons. The summed E-state index contributed by atoms with van der Waals surface area (Å²) >= 11 is 0. The van der Waals surface area contributed by atoms with Gasteiger partial charge in [0.15, 0.2) is 0 Å². The van der Waals surface area contributed by atoms with Gasteiger partial charge in [-0.15, -0.1) is 0 Å². The van der Waals surface area contributed by atoms with Crippen LogP contribution in [0.5, 0.6) is 0 Å². The Hall–Kier alpha value is -2.14. The minimum Gasteiger partial charge on any atom is -0.394 e. The molecule has 2 atom stereocenters. The topological polar surface area (TPSA) is 82.2 Å². The number of amides is 1. The fourth-order valence-corrected chi connectivity index (χ4v) is 2.29. The van der Waals surface area contributed by atoms with Crippen LogP contribution in [0.15, 0.2) is 35.1 Å². The minimum atomic E-state index is -0.336. The van der Waals surface area contributed by atoms with E-state index in [1.54, 1.807) is 18.2 Å². The van der Waals surface area contributed by atoms with Crippen molar-refractivity contribution < 1.29 is 9.90 Å². The first-order chi connectivity index (χ1) is 10.1. The normalized spacial score (nSPS) is 13.9. The molecule has 2 aromatic rings. The number of nitrogens with one attached hydrogen (secondary N) is 2. The van der Waals surface area contributed by atoms with Gasteiger partial charge >= 0.3 is 0 Å². The SMILES string of the molecule is CC[C@H](C)[C@@H](CO)NC(=O)c1cc(=O)[nH]c2ccccc12. The smallest absolute Gasteiger partial charge is 0.252 e. The summed E-state index contributed by atoms with van der Waals surface area (Å²) in [6.07, 6.45) is 0.849. The second kappa shape index (κ2) is 6.54. The van der Waals surface area contributed by atoms with E-state index >= 15 is 0 Å². The van der Waals surface area contributed by atoms with Crippen LogP contribution in [-0.4, -0.2) is 28.6 Å². The van der Waals surface area contributed by atoms with Gasteiger partial charge in [-0.3, -0.25) is 9.59 Å². The summed E-state index contributed by atoms with van der Waals surface area (Å²) in [5.41, 5.74) is 0.637. The zero-order valence-corrected chi connectivity index (χ0v) is 12.2. The second-order valence-corrected chi connectivity index (χ2v) is 5.24. The highest BCUT2D eigenvalue weighted by atomic mass is 16.3. The number of hydrogen-bond acceptors (Lipinski definition) is 3. The first-order valence-electron chi connectivity index (χ1n) is 7.10. The summed E-state index contributed by atoms with van der Waals surface area (Å²) in [5, 5.41) is 12.9. The summed E-state index contributed by atoms with van der Waals surface area (Å²) in [6, 6.07) is 8.14. The van der Waals surface area contributed by atoms with Crippen molar-refractivity contribution in [2.45, 2.75) is 26.3 Å². The molecular weight excluding hydrogens is 268 g/mol. The molecule has 2 rings (SSSR count). The third-order valence-electron chi connectivity index (χ3n) is 3.84. The van der Waals surface area contributed by atoms with Gasteiger partial charge in [0.25, 0.3) is 5.91 Å². The number of benzene rings is 1. The van der Waals surface area contributed by atoms with Crippen molar-refractivity contribution in [2.75, 3.05) is 6.61 Å². The van der Waals surface area contributed by atoms with Crippen LogP contribution in [0.2, 0.25) is 0 Å². The van der Waals surface area contributed by atoms with Gasteiger partial charge in [0.1, 0.15) is 0 Å². The first kappa shape index (κ1) is 15.3. The number of hydrogen-bond donors (Lipinski definition) is 3. The van der Waals surface area contributed by atoms with Crippen molar-refractivity contribution in [2.24, 2.45) is 5.92 Å². The number of aromatic amines is 1. The molecule has 0 saturated carbocycles. The predicted octanol–water partition coefficient (Wildman–Crippen LogP) is 1.66. The van der Waals surface area contributed by atoms with Crippen molar-refractivity contribution in [3.63, 3.8) is 0 Å². The summed E-state index contributed by atoms with van der Waals surface area (Å²) in [7, 11) is 0. The van der Waals surface area contributed by atoms with Gasteiger partial charge < -0.3 is 15.4 Å². The monoisotopic (exact) mass is 288 g/mol. The molecule has 0 aliphatic heterocycles. The number of aromatic nitrogens is 1. The lowest BCUT2D eigenvalue weighted by molar-refractivity contribution is 0.0893. The Bertz CT molecular complexity index is 693. The van der Waals surface area contributed by atoms with E-state index in [9.17, 15) is 14.7 Å². The zero-order valence-electron chi connectivity index (χ0n) is 12.2. The molecule has 21 heavy (non-hydrogen) atoms. The fourth-order valence-electron chi connectivity index (χ4n) is 2.29. The molecule has 1 heterocycles. The van der Waals surface area contributed by atoms with Crippen molar-refractivity contribution in [3.05, 3.63) is 46.2 Å². The van der Waals surface area contributed by atoms with Crippen molar-refractivity contribution in [1.82, 2.24) is 10.3 Å². The molecule has 0 aliphatic carbocycles. The highest BCUT2D eigenvalue weighted by Gasteiger charge is 2.19. The molecule has 5 nitrogen and oxygen atoms in total. The molecule has 0 fully saturated rings. The Labute approximate surface area is 123 Å². The number of fused-ring (bicyclic) bond motifs is 1. The van der Waals surface area contributed by atoms with Crippen LogP contribution >= 0.6 is 0 Å². The average molecular weight is 288 g/mol. The Kier molecular flexibility index (Phi) is 4.75. The number of H-pyrrole nitrogens is 1. The van der Waals surface area contributed by atoms with E-state index in [-0.39, 0.29) is 30.0 Å². The number of carbonyl (C=O) groups excluding carboxylic acids is 1. The molecule has 0 aliphatic rings. The van der Waals surface area contributed by atoms with Gasteiger partial charge in [0.05, 0.1) is 18.2 Å². The Morgan fingerprint density at radius 1 is 1.38 bits per heavy atom. The standard InChI is InChI=1S/C16H20N2O3/c1-3-10(2)14(9-19)18-16(21)12-8-15(20)17-13-7-5-4-6-11(12)13/h4-8,10,14,19H,3,9H2,1-2H3,(H,17,20)(H,18,21)/t10-,14+/m0/s1. The molecule has 0 spiro atoms. The van der Waals surface area contributed by atoms with Crippen molar-refractivity contribution in [1.29, 1.82) is 0 Å². The third-order valence-corrected chi connectivity index (χ3v) is 3.84. The van der Waals surface area contributed by atoms with Crippen LogP contribution in [0.25, 0.3) is 10.9 Å². The number of para-hydroxylation sites is 1. The molecular formula is C16H20N2O3. The summed E-state index contributed by atoms with van der Waals surface area (Å²) < 4.78 is 0. The quantitative estimate of drug-likeness (QED) is 0.782. The maximum Gasteiger partial charge on any atom is 0.252 e. The molecule has 0 bridgehead atoms. The molecule has 1 aromatic carbocycles. The Morgan fingerprint density at radius 3 is 2.76 bits per heavy atom. The highest BCUT2D eigenvalue weighted by molar-refractivity contribution is 6.06. The summed E-state index contributed by atoms with van der Waals surface area (Å²) in [6.45, 7) is 3.85. The molecule has 0 unspecified atom stereocenters. The largest absolute Gasteiger partial charge is 0.394 e. The van der Waals surface area contributed by atoms with E-state index < -0.39 is 0 Å². The van der Waals surface area contributed by atoms with Crippen LogP contribution in [0, 0.1) is 5.92 Å². The molecule has 0 radical (unpaired) electrons. The van der Waals surface area contributed by atoms with Crippen LogP contribution in [0.4, 0.5) is 0 Å². The van der Waals surface area contributed by atoms with E-state index in [0.717, 1.165) is 6.42 Å². The lowest BCUT2D eigenvalue weighted by Crippen LogP contribution is -2.42. The molecule has 0 saturated heterocycles. The van der Waals surface area contributed by atoms with E-state index in [0.29, 0.717) is 16.5 Å². The summed E-state index contributed by atoms with van der Waals surface area (Å²) in [5.74, 6) is -0.177. The van der Waals surface area contributed by atoms with Gasteiger partial charge in [0, 0.05) is 17.0 Å². The Morgan fingerprint density at radius 2 is 2.10 bits per heavy atom. The molecule has 1 aromatic heterocycles. The van der Waals surface area contributed by atoms with E-state index in [2.05, 4.69) is 10.3 Å². The predicted molar refractivity (Wildman–Crippen MR) is 82.4 cm³/mol. The van der Waals surface area contributed by atoms with E-state index in [1.807, 2.05) is 19.9 Å². The fraction of sp³-hybridized carbons (Fsp3) is 0.375. The maximum atomic E-state index is 12.4. The van der Waals surface area contributed by atoms with Gasteiger partial charge in [-0.2, -0.15) is 0 Å². The van der Waals surface area contributed by atoms with Crippen LogP contribution in [-0.2, 0) is 0 Å². The highest BCUT2D eigenvalue weighted by Crippen LogP contribution is 2.15. The Balaban J connectivity index is 2.37. The van der Waals surface area contributed by atoms with Gasteiger partial charge in [-0.05, 0) is 12.0 Å². The number of aliphatic hydroxyl groups is 1. The van der Waals surface area contributed by atoms with E-state index in [1.165, 1.54) is 6.07 Å². The lowest BCUT2D eigenvalue weighted by Gasteiger charge is -2.22. The van der Waals surface area contributed by atoms with Crippen LogP contribution in [0.3, 0.4) is 0 Å². The third kappa shape index (κ3) is 3.31. The zero-order chi connectivity index (χ0) is 15.4. The van der Waals surface area contributed by atoms with E-state index in [4.69, 9.17) is 0 Å². The second-order valence-electron chi connectivity index (χ2n) is 5.24. The minimum absolute atomic E-state index is 0.123. The van der Waals surface area contributed by atoms with Gasteiger partial charge in [-0.25, -0.2) is 0 Å². The molecule has 1 amide bonds. The average Bonchev–Trinajstić information content (AvgIpc) is 2.50. The number of rotatable bonds is 5. The maximum absolute atomic E-state index is 12.4. The number of carbonyl (C=O) groups is 1. The molecule has 5 heteroatoms. The van der Waals surface area contributed by atoms with Crippen LogP contribution < -0.4 is 10.9 Å². The first-order valence-corrected chi connectivity index (χ1v) is 7.10.